The van der Waals surface area contributed by atoms with Gasteiger partial charge in [-0.2, -0.15) is 5.10 Å². The van der Waals surface area contributed by atoms with Gasteiger partial charge >= 0.3 is 0 Å². The average Bonchev–Trinajstić information content (AvgIpc) is 3.08. The highest BCUT2D eigenvalue weighted by molar-refractivity contribution is 5.92. The number of halogens is 2. The van der Waals surface area contributed by atoms with Crippen molar-refractivity contribution in [3.63, 3.8) is 0 Å². The molecule has 0 spiro atoms. The normalized spacial score (nSPS) is 20.5. The van der Waals surface area contributed by atoms with Crippen molar-refractivity contribution < 1.29 is 9.18 Å². The van der Waals surface area contributed by atoms with Gasteiger partial charge in [-0.15, -0.1) is 12.4 Å². The summed E-state index contributed by atoms with van der Waals surface area (Å²) in [5, 5.41) is 6.89. The number of benzene rings is 1. The van der Waals surface area contributed by atoms with Gasteiger partial charge in [0.15, 0.2) is 0 Å². The number of nitrogens with two attached hydrogens (primary N) is 1. The number of carbonyl (C=O) groups is 1. The molecule has 1 fully saturated rings. The van der Waals surface area contributed by atoms with Crippen LogP contribution in [0.15, 0.2) is 36.7 Å². The number of para-hydroxylation sites is 1. The third kappa shape index (κ3) is 3.45. The molecule has 1 amide bonds. The van der Waals surface area contributed by atoms with E-state index >= 15 is 0 Å². The Morgan fingerprint density at radius 1 is 1.36 bits per heavy atom. The van der Waals surface area contributed by atoms with Crippen LogP contribution in [0.4, 0.5) is 10.1 Å². The Hall–Kier alpha value is -1.92. The summed E-state index contributed by atoms with van der Waals surface area (Å²) < 4.78 is 15.1. The van der Waals surface area contributed by atoms with Crippen molar-refractivity contribution in [3.8, 4) is 5.69 Å². The average molecular weight is 325 g/mol. The van der Waals surface area contributed by atoms with Crippen LogP contribution >= 0.6 is 12.4 Å². The lowest BCUT2D eigenvalue weighted by molar-refractivity contribution is -0.119. The smallest absolute Gasteiger partial charge is 0.227 e. The number of rotatable bonds is 3. The zero-order valence-electron chi connectivity index (χ0n) is 11.9. The molecule has 2 unspecified atom stereocenters. The van der Waals surface area contributed by atoms with E-state index < -0.39 is 0 Å². The molecule has 0 radical (unpaired) electrons. The minimum atomic E-state index is -0.361. The van der Waals surface area contributed by atoms with Crippen molar-refractivity contribution in [1.82, 2.24) is 9.78 Å². The first-order valence-corrected chi connectivity index (χ1v) is 6.99. The third-order valence-corrected chi connectivity index (χ3v) is 3.79. The molecule has 22 heavy (non-hydrogen) atoms. The summed E-state index contributed by atoms with van der Waals surface area (Å²) >= 11 is 0. The summed E-state index contributed by atoms with van der Waals surface area (Å²) in [5.41, 5.74) is 6.72. The molecular weight excluding hydrogens is 307 g/mol. The molecule has 2 aromatic rings. The molecule has 0 bridgehead atoms. The summed E-state index contributed by atoms with van der Waals surface area (Å²) in [7, 11) is 0. The van der Waals surface area contributed by atoms with Gasteiger partial charge in [-0.25, -0.2) is 9.07 Å². The first-order valence-electron chi connectivity index (χ1n) is 6.99. The lowest BCUT2D eigenvalue weighted by Crippen LogP contribution is -2.23. The standard InChI is InChI=1S/C15H17FN4O.ClH/c16-13-3-1-2-4-14(13)20-9-12(8-18-20)19-15(21)10-5-6-11(17)7-10;/h1-4,8-11H,5-7,17H2,(H,19,21);1H. The summed E-state index contributed by atoms with van der Waals surface area (Å²) in [6.45, 7) is 0. The fraction of sp³-hybridized carbons (Fsp3) is 0.333. The number of anilines is 1. The van der Waals surface area contributed by atoms with Gasteiger partial charge in [0.05, 0.1) is 18.1 Å². The summed E-state index contributed by atoms with van der Waals surface area (Å²) in [4.78, 5) is 12.1. The Labute approximate surface area is 134 Å². The van der Waals surface area contributed by atoms with Crippen molar-refractivity contribution in [1.29, 1.82) is 0 Å². The van der Waals surface area contributed by atoms with Gasteiger partial charge in [-0.3, -0.25) is 4.79 Å². The molecule has 1 aliphatic carbocycles. The van der Waals surface area contributed by atoms with E-state index in [2.05, 4.69) is 10.4 Å². The topological polar surface area (TPSA) is 72.9 Å². The van der Waals surface area contributed by atoms with Crippen molar-refractivity contribution >= 4 is 24.0 Å². The van der Waals surface area contributed by atoms with E-state index in [1.54, 1.807) is 24.4 Å². The molecule has 118 valence electrons. The zero-order chi connectivity index (χ0) is 14.8. The predicted molar refractivity (Wildman–Crippen MR) is 84.7 cm³/mol. The molecule has 1 saturated carbocycles. The predicted octanol–water partition coefficient (Wildman–Crippen LogP) is 2.50. The molecule has 1 aromatic heterocycles. The minimum absolute atomic E-state index is 0. The zero-order valence-corrected chi connectivity index (χ0v) is 12.7. The van der Waals surface area contributed by atoms with Gasteiger partial charge in [-0.05, 0) is 31.4 Å². The van der Waals surface area contributed by atoms with Crippen LogP contribution in [0.25, 0.3) is 5.69 Å². The van der Waals surface area contributed by atoms with Crippen LogP contribution < -0.4 is 11.1 Å². The summed E-state index contributed by atoms with van der Waals surface area (Å²) in [5.74, 6) is -0.451. The van der Waals surface area contributed by atoms with Gasteiger partial charge in [0.2, 0.25) is 5.91 Å². The summed E-state index contributed by atoms with van der Waals surface area (Å²) in [6.07, 6.45) is 5.53. The second kappa shape index (κ2) is 6.89. The van der Waals surface area contributed by atoms with Crippen LogP contribution in [0.1, 0.15) is 19.3 Å². The van der Waals surface area contributed by atoms with Crippen molar-refractivity contribution in [2.45, 2.75) is 25.3 Å². The molecule has 1 aromatic carbocycles. The van der Waals surface area contributed by atoms with Crippen LogP contribution in [0.3, 0.4) is 0 Å². The van der Waals surface area contributed by atoms with E-state index in [-0.39, 0.29) is 36.1 Å². The first kappa shape index (κ1) is 16.5. The molecule has 0 saturated heterocycles. The first-order chi connectivity index (χ1) is 10.1. The maximum atomic E-state index is 13.7. The number of carbonyl (C=O) groups excluding carboxylic acids is 1. The Balaban J connectivity index is 0.00000176. The SMILES string of the molecule is Cl.NC1CCC(C(=O)Nc2cnn(-c3ccccc3F)c2)C1. The van der Waals surface area contributed by atoms with E-state index in [0.717, 1.165) is 12.8 Å². The van der Waals surface area contributed by atoms with E-state index in [9.17, 15) is 9.18 Å². The van der Waals surface area contributed by atoms with Crippen molar-refractivity contribution in [2.24, 2.45) is 11.7 Å². The maximum Gasteiger partial charge on any atom is 0.227 e. The molecule has 1 heterocycles. The van der Waals surface area contributed by atoms with Crippen LogP contribution in [0, 0.1) is 11.7 Å². The highest BCUT2D eigenvalue weighted by Crippen LogP contribution is 2.25. The second-order valence-corrected chi connectivity index (χ2v) is 5.38. The number of hydrogen-bond acceptors (Lipinski definition) is 3. The lowest BCUT2D eigenvalue weighted by atomic mass is 10.1. The van der Waals surface area contributed by atoms with Crippen molar-refractivity contribution in [2.75, 3.05) is 5.32 Å². The Morgan fingerprint density at radius 3 is 2.82 bits per heavy atom. The second-order valence-electron chi connectivity index (χ2n) is 5.38. The molecule has 2 atom stereocenters. The lowest BCUT2D eigenvalue weighted by Gasteiger charge is -2.08. The van der Waals surface area contributed by atoms with Gasteiger partial charge < -0.3 is 11.1 Å². The number of nitrogens with zero attached hydrogens (tertiary/aromatic N) is 2. The Kier molecular flexibility index (Phi) is 5.15. The molecular formula is C15H18ClFN4O. The molecule has 3 rings (SSSR count). The quantitative estimate of drug-likeness (QED) is 0.911. The Bertz CT molecular complexity index is 660. The van der Waals surface area contributed by atoms with E-state index in [1.807, 2.05) is 0 Å². The fourth-order valence-electron chi connectivity index (χ4n) is 2.66. The van der Waals surface area contributed by atoms with Crippen LogP contribution in [0.2, 0.25) is 0 Å². The number of amides is 1. The van der Waals surface area contributed by atoms with E-state index in [0.29, 0.717) is 17.8 Å². The third-order valence-electron chi connectivity index (χ3n) is 3.79. The van der Waals surface area contributed by atoms with Crippen molar-refractivity contribution in [3.05, 3.63) is 42.5 Å². The molecule has 0 aliphatic heterocycles. The highest BCUT2D eigenvalue weighted by atomic mass is 35.5. The van der Waals surface area contributed by atoms with Crippen LogP contribution in [-0.2, 0) is 4.79 Å². The fourth-order valence-corrected chi connectivity index (χ4v) is 2.66. The number of aromatic nitrogens is 2. The summed E-state index contributed by atoms with van der Waals surface area (Å²) in [6, 6.07) is 6.47. The van der Waals surface area contributed by atoms with E-state index in [4.69, 9.17) is 5.73 Å². The van der Waals surface area contributed by atoms with E-state index in [1.165, 1.54) is 16.9 Å². The van der Waals surface area contributed by atoms with Gasteiger partial charge in [-0.1, -0.05) is 12.1 Å². The highest BCUT2D eigenvalue weighted by Gasteiger charge is 2.27. The molecule has 1 aliphatic rings. The monoisotopic (exact) mass is 324 g/mol. The number of nitrogens with one attached hydrogen (secondary N) is 1. The Morgan fingerprint density at radius 2 is 2.14 bits per heavy atom. The van der Waals surface area contributed by atoms with Gasteiger partial charge in [0.25, 0.3) is 0 Å². The largest absolute Gasteiger partial charge is 0.328 e. The van der Waals surface area contributed by atoms with Gasteiger partial charge in [0.1, 0.15) is 11.5 Å². The van der Waals surface area contributed by atoms with Crippen LogP contribution in [-0.4, -0.2) is 21.7 Å². The number of hydrogen-bond donors (Lipinski definition) is 2. The minimum Gasteiger partial charge on any atom is -0.328 e. The molecule has 5 nitrogen and oxygen atoms in total. The van der Waals surface area contributed by atoms with Gasteiger partial charge in [0, 0.05) is 12.0 Å². The molecule has 7 heteroatoms. The maximum absolute atomic E-state index is 13.7. The molecule has 3 N–H and O–H groups in total. The van der Waals surface area contributed by atoms with Crippen LogP contribution in [0.5, 0.6) is 0 Å².